The molecular formula is C19H20F3N5O2S. The molecule has 1 saturated heterocycles. The minimum absolute atomic E-state index is 0.183. The summed E-state index contributed by atoms with van der Waals surface area (Å²) in [7, 11) is 0. The van der Waals surface area contributed by atoms with E-state index in [9.17, 15) is 13.2 Å². The molecule has 1 aromatic carbocycles. The molecule has 0 amide bonds. The highest BCUT2D eigenvalue weighted by Gasteiger charge is 2.33. The lowest BCUT2D eigenvalue weighted by molar-refractivity contribution is -0.141. The number of anilines is 1. The van der Waals surface area contributed by atoms with Crippen molar-refractivity contribution in [3.63, 3.8) is 0 Å². The van der Waals surface area contributed by atoms with Gasteiger partial charge in [0.05, 0.1) is 19.0 Å². The molecule has 0 radical (unpaired) electrons. The molecule has 0 spiro atoms. The second-order valence-electron chi connectivity index (χ2n) is 6.92. The van der Waals surface area contributed by atoms with Crippen LogP contribution in [-0.4, -0.2) is 52.4 Å². The largest absolute Gasteiger partial charge is 0.406 e. The minimum atomic E-state index is -4.39. The monoisotopic (exact) mass is 439 g/mol. The second kappa shape index (κ2) is 8.68. The van der Waals surface area contributed by atoms with E-state index in [0.29, 0.717) is 37.8 Å². The number of hydrogen-bond acceptors (Lipinski definition) is 7. The topological polar surface area (TPSA) is 69.2 Å². The lowest BCUT2D eigenvalue weighted by atomic mass is 10.1. The number of morpholine rings is 1. The van der Waals surface area contributed by atoms with E-state index in [0.717, 1.165) is 27.5 Å². The molecule has 11 heteroatoms. The van der Waals surface area contributed by atoms with Crippen molar-refractivity contribution < 1.29 is 22.4 Å². The smallest absolute Gasteiger partial charge is 0.378 e. The number of alkyl halides is 3. The van der Waals surface area contributed by atoms with Crippen molar-refractivity contribution in [3.05, 3.63) is 41.7 Å². The highest BCUT2D eigenvalue weighted by molar-refractivity contribution is 7.98. The Morgan fingerprint density at radius 1 is 1.10 bits per heavy atom. The maximum atomic E-state index is 13.2. The number of benzene rings is 1. The number of thioether (sulfide) groups is 1. The van der Waals surface area contributed by atoms with E-state index >= 15 is 0 Å². The average molecular weight is 439 g/mol. The van der Waals surface area contributed by atoms with Gasteiger partial charge >= 0.3 is 6.18 Å². The summed E-state index contributed by atoms with van der Waals surface area (Å²) >= 11 is 1.13. The number of nitrogens with zero attached hydrogens (tertiary/aromatic N) is 5. The van der Waals surface area contributed by atoms with Gasteiger partial charge in [-0.2, -0.15) is 13.2 Å². The molecule has 160 valence electrons. The molecule has 7 nitrogen and oxygen atoms in total. The molecule has 3 heterocycles. The Balaban J connectivity index is 1.50. The van der Waals surface area contributed by atoms with Crippen molar-refractivity contribution >= 4 is 17.7 Å². The van der Waals surface area contributed by atoms with E-state index in [2.05, 4.69) is 15.4 Å². The maximum Gasteiger partial charge on any atom is 0.406 e. The first-order chi connectivity index (χ1) is 14.4. The fourth-order valence-electron chi connectivity index (χ4n) is 3.08. The van der Waals surface area contributed by atoms with Crippen molar-refractivity contribution in [3.8, 4) is 11.3 Å². The van der Waals surface area contributed by atoms with Gasteiger partial charge in [0, 0.05) is 24.7 Å². The highest BCUT2D eigenvalue weighted by Crippen LogP contribution is 2.30. The Morgan fingerprint density at radius 2 is 1.83 bits per heavy atom. The quantitative estimate of drug-likeness (QED) is 0.539. The van der Waals surface area contributed by atoms with Crippen LogP contribution < -0.4 is 4.90 Å². The minimum Gasteiger partial charge on any atom is -0.378 e. The fraction of sp³-hybridized carbons (Fsp3) is 0.421. The number of hydrogen-bond donors (Lipinski definition) is 0. The molecule has 1 aliphatic heterocycles. The van der Waals surface area contributed by atoms with Gasteiger partial charge in [-0.05, 0) is 6.92 Å². The van der Waals surface area contributed by atoms with Crippen LogP contribution in [0, 0.1) is 6.92 Å². The van der Waals surface area contributed by atoms with Crippen molar-refractivity contribution in [2.45, 2.75) is 30.6 Å². The van der Waals surface area contributed by atoms with E-state index in [1.165, 1.54) is 0 Å². The zero-order valence-corrected chi connectivity index (χ0v) is 17.0. The summed E-state index contributed by atoms with van der Waals surface area (Å²) in [5.74, 6) is 1.04. The van der Waals surface area contributed by atoms with Crippen LogP contribution in [0.3, 0.4) is 0 Å². The third-order valence-electron chi connectivity index (χ3n) is 4.58. The highest BCUT2D eigenvalue weighted by atomic mass is 32.2. The SMILES string of the molecule is Cc1ccc(-c2cc(CSc3nnc(N4CCOCC4)n3CC(F)(F)F)on2)cc1. The molecule has 0 aliphatic carbocycles. The van der Waals surface area contributed by atoms with Crippen LogP contribution in [0.15, 0.2) is 40.0 Å². The summed E-state index contributed by atoms with van der Waals surface area (Å²) in [6.45, 7) is 2.69. The Kier molecular flexibility index (Phi) is 6.00. The Morgan fingerprint density at radius 3 is 2.53 bits per heavy atom. The van der Waals surface area contributed by atoms with Gasteiger partial charge in [0.1, 0.15) is 18.0 Å². The molecule has 0 atom stereocenters. The van der Waals surface area contributed by atoms with Gasteiger partial charge in [-0.15, -0.1) is 10.2 Å². The summed E-state index contributed by atoms with van der Waals surface area (Å²) in [4.78, 5) is 1.76. The van der Waals surface area contributed by atoms with Crippen LogP contribution in [0.1, 0.15) is 11.3 Å². The third-order valence-corrected chi connectivity index (χ3v) is 5.57. The molecule has 0 N–H and O–H groups in total. The van der Waals surface area contributed by atoms with Crippen LogP contribution in [0.25, 0.3) is 11.3 Å². The second-order valence-corrected chi connectivity index (χ2v) is 7.86. The van der Waals surface area contributed by atoms with Crippen molar-refractivity contribution in [1.82, 2.24) is 19.9 Å². The van der Waals surface area contributed by atoms with Crippen LogP contribution in [0.4, 0.5) is 19.1 Å². The summed E-state index contributed by atoms with van der Waals surface area (Å²) in [6.07, 6.45) is -4.39. The summed E-state index contributed by atoms with van der Waals surface area (Å²) in [5, 5.41) is 12.2. The predicted molar refractivity (Wildman–Crippen MR) is 105 cm³/mol. The molecule has 0 unspecified atom stereocenters. The van der Waals surface area contributed by atoms with E-state index in [1.807, 2.05) is 31.2 Å². The third kappa shape index (κ3) is 4.96. The van der Waals surface area contributed by atoms with Gasteiger partial charge in [0.15, 0.2) is 5.16 Å². The number of ether oxygens (including phenoxy) is 1. The molecule has 1 aliphatic rings. The van der Waals surface area contributed by atoms with Gasteiger partial charge in [0.25, 0.3) is 0 Å². The average Bonchev–Trinajstić information content (AvgIpc) is 3.34. The zero-order chi connectivity index (χ0) is 21.1. The normalized spacial score (nSPS) is 15.0. The van der Waals surface area contributed by atoms with Crippen LogP contribution in [0.5, 0.6) is 0 Å². The van der Waals surface area contributed by atoms with E-state index in [-0.39, 0.29) is 16.9 Å². The number of aryl methyl sites for hydroxylation is 1. The lowest BCUT2D eigenvalue weighted by Crippen LogP contribution is -2.38. The number of halogens is 3. The van der Waals surface area contributed by atoms with Crippen LogP contribution in [-0.2, 0) is 17.0 Å². The van der Waals surface area contributed by atoms with Crippen molar-refractivity contribution in [2.24, 2.45) is 0 Å². The van der Waals surface area contributed by atoms with Crippen molar-refractivity contribution in [1.29, 1.82) is 0 Å². The van der Waals surface area contributed by atoms with Gasteiger partial charge in [-0.25, -0.2) is 0 Å². The predicted octanol–water partition coefficient (Wildman–Crippen LogP) is 3.93. The van der Waals surface area contributed by atoms with Crippen LogP contribution in [0.2, 0.25) is 0 Å². The molecule has 4 rings (SSSR count). The molecule has 0 saturated carbocycles. The summed E-state index contributed by atoms with van der Waals surface area (Å²) in [5.41, 5.74) is 2.73. The number of aromatic nitrogens is 4. The summed E-state index contributed by atoms with van der Waals surface area (Å²) in [6, 6.07) is 9.62. The lowest BCUT2D eigenvalue weighted by Gasteiger charge is -2.28. The van der Waals surface area contributed by atoms with E-state index in [1.54, 1.807) is 11.0 Å². The Labute approximate surface area is 175 Å². The molecule has 2 aromatic heterocycles. The van der Waals surface area contributed by atoms with Crippen LogP contribution >= 0.6 is 11.8 Å². The first-order valence-corrected chi connectivity index (χ1v) is 10.4. The molecule has 1 fully saturated rings. The van der Waals surface area contributed by atoms with Gasteiger partial charge in [0.2, 0.25) is 5.95 Å². The fourth-order valence-corrected chi connectivity index (χ4v) is 3.89. The number of rotatable bonds is 6. The first kappa shape index (κ1) is 20.7. The maximum absolute atomic E-state index is 13.2. The molecule has 30 heavy (non-hydrogen) atoms. The van der Waals surface area contributed by atoms with E-state index < -0.39 is 12.7 Å². The van der Waals surface area contributed by atoms with Gasteiger partial charge in [-0.3, -0.25) is 4.57 Å². The van der Waals surface area contributed by atoms with Crippen molar-refractivity contribution in [2.75, 3.05) is 31.2 Å². The Bertz CT molecular complexity index is 981. The van der Waals surface area contributed by atoms with E-state index in [4.69, 9.17) is 9.26 Å². The van der Waals surface area contributed by atoms with Gasteiger partial charge < -0.3 is 14.2 Å². The standard InChI is InChI=1S/C19H20F3N5O2S/c1-13-2-4-14(5-3-13)16-10-15(29-25-16)11-30-18-24-23-17(26-6-8-28-9-7-26)27(18)12-19(20,21)22/h2-5,10H,6-9,11-12H2,1H3. The van der Waals surface area contributed by atoms with Gasteiger partial charge in [-0.1, -0.05) is 46.7 Å². The molecular weight excluding hydrogens is 419 g/mol. The Hall–Kier alpha value is -2.53. The molecule has 0 bridgehead atoms. The first-order valence-electron chi connectivity index (χ1n) is 9.37. The molecule has 3 aromatic rings. The summed E-state index contributed by atoms with van der Waals surface area (Å²) < 4.78 is 51.2. The zero-order valence-electron chi connectivity index (χ0n) is 16.2.